The fourth-order valence-corrected chi connectivity index (χ4v) is 2.26. The summed E-state index contributed by atoms with van der Waals surface area (Å²) >= 11 is 5.81. The van der Waals surface area contributed by atoms with Gasteiger partial charge in [-0.3, -0.25) is 0 Å². The third kappa shape index (κ3) is 3.93. The molecule has 0 aromatic carbocycles. The van der Waals surface area contributed by atoms with E-state index in [0.29, 0.717) is 11.0 Å². The summed E-state index contributed by atoms with van der Waals surface area (Å²) in [6.07, 6.45) is 0. The highest BCUT2D eigenvalue weighted by Gasteiger charge is 2.23. The molecule has 2 atom stereocenters. The van der Waals surface area contributed by atoms with Crippen molar-refractivity contribution in [1.82, 2.24) is 9.71 Å². The smallest absolute Gasteiger partial charge is 0.219 e. The summed E-state index contributed by atoms with van der Waals surface area (Å²) in [7, 11) is 0.387. The number of ether oxygens (including phenoxy) is 1. The summed E-state index contributed by atoms with van der Waals surface area (Å²) in [5.41, 5.74) is 0.833. The third-order valence-corrected chi connectivity index (χ3v) is 4.25. The average molecular weight is 291 g/mol. The summed E-state index contributed by atoms with van der Waals surface area (Å²) in [5.74, 6) is 0.452. The second kappa shape index (κ2) is 5.99. The molecule has 0 bridgehead atoms. The van der Waals surface area contributed by atoms with E-state index in [4.69, 9.17) is 16.3 Å². The van der Waals surface area contributed by atoms with Gasteiger partial charge < -0.3 is 4.74 Å². The minimum absolute atomic E-state index is 0.134. The minimum atomic E-state index is -1.15. The standard InChI is InChI=1S/C12H19ClN2O2S/c1-8(15-18(16)12(2,3)4)9-6-7-10(13)14-11(9)17-5/h6-8,15H,1-5H3/t8-,18?/m0/s1. The van der Waals surface area contributed by atoms with Gasteiger partial charge in [-0.2, -0.15) is 0 Å². The van der Waals surface area contributed by atoms with Crippen LogP contribution in [-0.4, -0.2) is 21.0 Å². The van der Waals surface area contributed by atoms with Crippen molar-refractivity contribution in [3.63, 3.8) is 0 Å². The lowest BCUT2D eigenvalue weighted by molar-refractivity contribution is 0.388. The first-order chi connectivity index (χ1) is 8.25. The van der Waals surface area contributed by atoms with E-state index in [1.807, 2.05) is 33.8 Å². The largest absolute Gasteiger partial charge is 0.481 e. The SMILES string of the molecule is COc1nc(Cl)ccc1[C@H](C)NS(=O)C(C)(C)C. The first kappa shape index (κ1) is 15.4. The molecule has 0 amide bonds. The predicted molar refractivity (Wildman–Crippen MR) is 75.2 cm³/mol. The molecule has 4 nitrogen and oxygen atoms in total. The predicted octanol–water partition coefficient (Wildman–Crippen LogP) is 2.86. The maximum atomic E-state index is 12.0. The molecule has 0 fully saturated rings. The Bertz CT molecular complexity index is 446. The topological polar surface area (TPSA) is 51.2 Å². The summed E-state index contributed by atoms with van der Waals surface area (Å²) in [6, 6.07) is 3.38. The van der Waals surface area contributed by atoms with Crippen LogP contribution in [0.2, 0.25) is 5.15 Å². The monoisotopic (exact) mass is 290 g/mol. The van der Waals surface area contributed by atoms with Crippen molar-refractivity contribution in [3.8, 4) is 5.88 Å². The Labute approximate surface area is 116 Å². The average Bonchev–Trinajstić information content (AvgIpc) is 2.27. The normalized spacial score (nSPS) is 15.2. The van der Waals surface area contributed by atoms with Crippen LogP contribution >= 0.6 is 11.6 Å². The van der Waals surface area contributed by atoms with E-state index in [-0.39, 0.29) is 10.8 Å². The van der Waals surface area contributed by atoms with Crippen molar-refractivity contribution in [2.24, 2.45) is 0 Å². The highest BCUT2D eigenvalue weighted by atomic mass is 35.5. The van der Waals surface area contributed by atoms with E-state index < -0.39 is 11.0 Å². The van der Waals surface area contributed by atoms with Gasteiger partial charge in [-0.1, -0.05) is 11.6 Å². The minimum Gasteiger partial charge on any atom is -0.481 e. The zero-order valence-corrected chi connectivity index (χ0v) is 12.9. The molecule has 0 saturated heterocycles. The number of halogens is 1. The molecule has 6 heteroatoms. The second-order valence-electron chi connectivity index (χ2n) is 4.95. The summed E-state index contributed by atoms with van der Waals surface area (Å²) < 4.78 is 19.9. The molecule has 0 aliphatic carbocycles. The van der Waals surface area contributed by atoms with Crippen LogP contribution in [-0.2, 0) is 11.0 Å². The first-order valence-electron chi connectivity index (χ1n) is 5.64. The number of nitrogens with one attached hydrogen (secondary N) is 1. The lowest BCUT2D eigenvalue weighted by Crippen LogP contribution is -2.35. The van der Waals surface area contributed by atoms with Crippen LogP contribution in [0.1, 0.15) is 39.3 Å². The molecule has 0 aliphatic heterocycles. The van der Waals surface area contributed by atoms with Crippen molar-refractivity contribution < 1.29 is 8.95 Å². The number of hydrogen-bond acceptors (Lipinski definition) is 3. The maximum absolute atomic E-state index is 12.0. The Morgan fingerprint density at radius 2 is 2.06 bits per heavy atom. The van der Waals surface area contributed by atoms with E-state index in [9.17, 15) is 4.21 Å². The summed E-state index contributed by atoms with van der Waals surface area (Å²) in [5, 5.41) is 0.375. The number of nitrogens with zero attached hydrogens (tertiary/aromatic N) is 1. The molecule has 1 rings (SSSR count). The Hall–Kier alpha value is -0.650. The fourth-order valence-electron chi connectivity index (χ4n) is 1.32. The van der Waals surface area contributed by atoms with E-state index in [2.05, 4.69) is 9.71 Å². The lowest BCUT2D eigenvalue weighted by Gasteiger charge is -2.22. The molecule has 1 aromatic heterocycles. The number of rotatable bonds is 4. The highest BCUT2D eigenvalue weighted by Crippen LogP contribution is 2.26. The first-order valence-corrected chi connectivity index (χ1v) is 7.17. The van der Waals surface area contributed by atoms with Crippen molar-refractivity contribution in [1.29, 1.82) is 0 Å². The molecule has 1 N–H and O–H groups in total. The van der Waals surface area contributed by atoms with Crippen LogP contribution in [0.5, 0.6) is 5.88 Å². The Balaban J connectivity index is 2.91. The van der Waals surface area contributed by atoms with E-state index in [1.54, 1.807) is 6.07 Å². The Morgan fingerprint density at radius 1 is 1.44 bits per heavy atom. The zero-order chi connectivity index (χ0) is 13.9. The van der Waals surface area contributed by atoms with Gasteiger partial charge in [0.1, 0.15) is 5.15 Å². The summed E-state index contributed by atoms with van der Waals surface area (Å²) in [4.78, 5) is 4.09. The van der Waals surface area contributed by atoms with Crippen molar-refractivity contribution in [2.45, 2.75) is 38.5 Å². The highest BCUT2D eigenvalue weighted by molar-refractivity contribution is 7.84. The van der Waals surface area contributed by atoms with Crippen LogP contribution in [0.25, 0.3) is 0 Å². The molecule has 1 unspecified atom stereocenters. The molecule has 1 aromatic rings. The zero-order valence-electron chi connectivity index (χ0n) is 11.3. The Morgan fingerprint density at radius 3 is 2.56 bits per heavy atom. The van der Waals surface area contributed by atoms with Crippen molar-refractivity contribution in [3.05, 3.63) is 22.8 Å². The number of aromatic nitrogens is 1. The van der Waals surface area contributed by atoms with Gasteiger partial charge in [-0.15, -0.1) is 0 Å². The van der Waals surface area contributed by atoms with Gasteiger partial charge in [0.2, 0.25) is 5.88 Å². The fraction of sp³-hybridized carbons (Fsp3) is 0.583. The molecule has 102 valence electrons. The van der Waals surface area contributed by atoms with Crippen LogP contribution in [0.15, 0.2) is 12.1 Å². The molecule has 0 aliphatic rings. The van der Waals surface area contributed by atoms with Crippen LogP contribution in [0, 0.1) is 0 Å². The van der Waals surface area contributed by atoms with Crippen molar-refractivity contribution >= 4 is 22.6 Å². The van der Waals surface area contributed by atoms with Crippen LogP contribution in [0.4, 0.5) is 0 Å². The van der Waals surface area contributed by atoms with Gasteiger partial charge in [0.05, 0.1) is 22.8 Å². The molecule has 18 heavy (non-hydrogen) atoms. The molecule has 1 heterocycles. The molecule has 0 saturated carbocycles. The van der Waals surface area contributed by atoms with E-state index in [1.165, 1.54) is 7.11 Å². The van der Waals surface area contributed by atoms with Gasteiger partial charge in [-0.25, -0.2) is 13.9 Å². The van der Waals surface area contributed by atoms with Gasteiger partial charge in [0, 0.05) is 11.6 Å². The molecule has 0 radical (unpaired) electrons. The van der Waals surface area contributed by atoms with Gasteiger partial charge in [0.25, 0.3) is 0 Å². The third-order valence-electron chi connectivity index (χ3n) is 2.36. The molecule has 0 spiro atoms. The maximum Gasteiger partial charge on any atom is 0.219 e. The number of methoxy groups -OCH3 is 1. The quantitative estimate of drug-likeness (QED) is 0.868. The van der Waals surface area contributed by atoms with Crippen molar-refractivity contribution in [2.75, 3.05) is 7.11 Å². The molecular formula is C12H19ClN2O2S. The van der Waals surface area contributed by atoms with Gasteiger partial charge in [0.15, 0.2) is 0 Å². The van der Waals surface area contributed by atoms with E-state index >= 15 is 0 Å². The Kier molecular flexibility index (Phi) is 5.13. The number of hydrogen-bond donors (Lipinski definition) is 1. The van der Waals surface area contributed by atoms with Gasteiger partial charge >= 0.3 is 0 Å². The lowest BCUT2D eigenvalue weighted by atomic mass is 10.1. The van der Waals surface area contributed by atoms with Crippen LogP contribution in [0.3, 0.4) is 0 Å². The van der Waals surface area contributed by atoms with Gasteiger partial charge in [-0.05, 0) is 39.8 Å². The second-order valence-corrected chi connectivity index (χ2v) is 7.34. The number of pyridine rings is 1. The van der Waals surface area contributed by atoms with E-state index in [0.717, 1.165) is 5.56 Å². The molecular weight excluding hydrogens is 272 g/mol. The summed E-state index contributed by atoms with van der Waals surface area (Å²) in [6.45, 7) is 7.66. The van der Waals surface area contributed by atoms with Crippen LogP contribution < -0.4 is 9.46 Å².